The Hall–Kier alpha value is -2.19. The van der Waals surface area contributed by atoms with Crippen LogP contribution in [0.15, 0.2) is 15.9 Å². The summed E-state index contributed by atoms with van der Waals surface area (Å²) in [7, 11) is -10.4. The van der Waals surface area contributed by atoms with Gasteiger partial charge in [-0.05, 0) is 0 Å². The van der Waals surface area contributed by atoms with Crippen molar-refractivity contribution in [2.75, 3.05) is 6.61 Å². The van der Waals surface area contributed by atoms with Gasteiger partial charge in [-0.1, -0.05) is 0 Å². The molecule has 28 heavy (non-hydrogen) atoms. The summed E-state index contributed by atoms with van der Waals surface area (Å²) in [5.41, 5.74) is -2.42. The fraction of sp³-hybridized carbons (Fsp3) is 0.500. The number of ether oxygens (including phenoxy) is 1. The van der Waals surface area contributed by atoms with Crippen LogP contribution in [0.5, 0.6) is 0 Å². The summed E-state index contributed by atoms with van der Waals surface area (Å²) >= 11 is 0. The smallest absolute Gasteiger partial charge is 0.394 e. The summed E-state index contributed by atoms with van der Waals surface area (Å²) in [6.07, 6.45) is -6.25. The molecule has 5 N–H and O–H groups in total. The van der Waals surface area contributed by atoms with Crippen molar-refractivity contribution in [1.29, 1.82) is 0 Å². The maximum Gasteiger partial charge on any atom is 0.397 e. The van der Waals surface area contributed by atoms with E-state index in [-0.39, 0.29) is 11.2 Å². The molecule has 4 atom stereocenters. The maximum atomic E-state index is 11.8. The predicted molar refractivity (Wildman–Crippen MR) is 84.8 cm³/mol. The number of hydrogen-bond acceptors (Lipinski definition) is 11. The summed E-state index contributed by atoms with van der Waals surface area (Å²) in [4.78, 5) is 31.1. The number of nitrogens with zero attached hydrogens (tertiary/aromatic N) is 2. The second-order valence-electron chi connectivity index (χ2n) is 5.48. The molecule has 0 bridgehead atoms. The first-order valence-electron chi connectivity index (χ1n) is 7.16. The van der Waals surface area contributed by atoms with E-state index in [4.69, 9.17) is 13.8 Å². The van der Waals surface area contributed by atoms with E-state index in [9.17, 15) is 31.5 Å². The molecule has 2 aromatic rings. The second-order valence-corrected chi connectivity index (χ2v) is 7.58. The molecular weight excluding hydrogens is 432 g/mol. The van der Waals surface area contributed by atoms with Crippen molar-refractivity contribution in [3.8, 4) is 0 Å². The van der Waals surface area contributed by atoms with Gasteiger partial charge in [0.25, 0.3) is 5.56 Å². The molecule has 1 aliphatic rings. The zero-order valence-corrected chi connectivity index (χ0v) is 15.0. The molecule has 0 amide bonds. The molecule has 156 valence electrons. The van der Waals surface area contributed by atoms with Crippen LogP contribution in [0.1, 0.15) is 6.23 Å². The van der Waals surface area contributed by atoms with Crippen molar-refractivity contribution in [2.45, 2.75) is 24.5 Å². The summed E-state index contributed by atoms with van der Waals surface area (Å²) in [6, 6.07) is 0. The predicted octanol–water partition coefficient (Wildman–Crippen LogP) is -3.32. The average Bonchev–Trinajstić information content (AvgIpc) is 3.07. The Morgan fingerprint density at radius 3 is 2.29 bits per heavy atom. The lowest BCUT2D eigenvalue weighted by Crippen LogP contribution is -2.40. The average molecular weight is 444 g/mol. The maximum absolute atomic E-state index is 11.8. The number of H-pyrrole nitrogens is 2. The molecule has 18 heteroatoms. The van der Waals surface area contributed by atoms with Crippen LogP contribution in [-0.2, 0) is 33.9 Å². The van der Waals surface area contributed by atoms with Gasteiger partial charge in [0.15, 0.2) is 17.8 Å². The Kier molecular flexibility index (Phi) is 5.14. The fourth-order valence-corrected chi connectivity index (χ4v) is 3.72. The minimum atomic E-state index is -5.21. The number of rotatable bonds is 6. The van der Waals surface area contributed by atoms with Crippen LogP contribution in [-0.4, -0.2) is 75.5 Å². The second kappa shape index (κ2) is 7.00. The van der Waals surface area contributed by atoms with Gasteiger partial charge in [-0.25, -0.2) is 18.1 Å². The van der Waals surface area contributed by atoms with E-state index in [1.165, 1.54) is 0 Å². The number of nitrogens with one attached hydrogen (secondary N) is 2. The van der Waals surface area contributed by atoms with Crippen molar-refractivity contribution in [3.05, 3.63) is 27.2 Å². The Balaban J connectivity index is 2.15. The molecule has 0 aromatic carbocycles. The van der Waals surface area contributed by atoms with Gasteiger partial charge in [-0.2, -0.15) is 16.8 Å². The van der Waals surface area contributed by atoms with Crippen LogP contribution in [0.2, 0.25) is 0 Å². The topological polar surface area (TPSA) is 240 Å². The molecule has 2 aromatic heterocycles. The van der Waals surface area contributed by atoms with Gasteiger partial charge in [0.1, 0.15) is 17.9 Å². The number of aromatic nitrogens is 4. The number of hydrogen-bond donors (Lipinski definition) is 5. The third-order valence-electron chi connectivity index (χ3n) is 3.67. The lowest BCUT2D eigenvalue weighted by Gasteiger charge is -2.21. The van der Waals surface area contributed by atoms with Gasteiger partial charge in [0.05, 0.1) is 12.9 Å². The third-order valence-corrected chi connectivity index (χ3v) is 4.60. The zero-order chi connectivity index (χ0) is 20.9. The van der Waals surface area contributed by atoms with Crippen LogP contribution < -0.4 is 11.2 Å². The van der Waals surface area contributed by atoms with Crippen molar-refractivity contribution in [3.63, 3.8) is 0 Å². The molecule has 1 fully saturated rings. The van der Waals surface area contributed by atoms with Crippen molar-refractivity contribution in [1.82, 2.24) is 19.5 Å². The summed E-state index contributed by atoms with van der Waals surface area (Å²) in [6.45, 7) is -0.925. The van der Waals surface area contributed by atoms with Gasteiger partial charge in [0, 0.05) is 0 Å². The normalized spacial score (nSPS) is 26.1. The lowest BCUT2D eigenvalue weighted by molar-refractivity contribution is -0.0477. The van der Waals surface area contributed by atoms with Crippen molar-refractivity contribution >= 4 is 32.0 Å². The molecule has 0 spiro atoms. The van der Waals surface area contributed by atoms with E-state index < -0.39 is 63.2 Å². The molecule has 0 aliphatic carbocycles. The first-order valence-corrected chi connectivity index (χ1v) is 9.89. The largest absolute Gasteiger partial charge is 0.397 e. The molecule has 16 nitrogen and oxygen atoms in total. The highest BCUT2D eigenvalue weighted by atomic mass is 32.3. The first-order chi connectivity index (χ1) is 12.9. The van der Waals surface area contributed by atoms with E-state index in [0.717, 1.165) is 10.9 Å². The highest BCUT2D eigenvalue weighted by Gasteiger charge is 2.51. The fourth-order valence-electron chi connectivity index (χ4n) is 2.72. The van der Waals surface area contributed by atoms with Crippen LogP contribution >= 0.6 is 0 Å². The SMILES string of the molecule is O=c1[nH]c(=O)c2ncn([C@@H]3O[C@H](CO)[C@@H](OS(=O)(=O)O)[C@H]3OS(=O)(=O)O)c2[nH]1. The van der Waals surface area contributed by atoms with Crippen molar-refractivity contribution < 1.29 is 44.2 Å². The number of aliphatic hydroxyl groups excluding tert-OH is 1. The summed E-state index contributed by atoms with van der Waals surface area (Å²) in [5.74, 6) is 0. The van der Waals surface area contributed by atoms with Gasteiger partial charge in [0.2, 0.25) is 0 Å². The standard InChI is InChI=1S/C10H12N4O12S2/c15-1-3-5(25-27(18,19)20)6(26-28(21,22)23)9(24-3)14-2-11-4-7(14)12-10(17)13-8(4)16/h2-3,5-6,9,15H,1H2,(H,18,19,20)(H,21,22,23)(H2,12,13,16,17)/t3-,5-,6-,9-/m1/s1. The van der Waals surface area contributed by atoms with Crippen LogP contribution in [0.25, 0.3) is 11.2 Å². The molecule has 3 rings (SSSR count). The first kappa shape index (κ1) is 20.5. The van der Waals surface area contributed by atoms with Gasteiger partial charge < -0.3 is 9.84 Å². The van der Waals surface area contributed by atoms with Crippen LogP contribution in [0.3, 0.4) is 0 Å². The Labute approximate surface area is 154 Å². The Bertz CT molecular complexity index is 1210. The molecule has 0 radical (unpaired) electrons. The van der Waals surface area contributed by atoms with Gasteiger partial charge >= 0.3 is 26.5 Å². The quantitative estimate of drug-likeness (QED) is 0.274. The minimum absolute atomic E-state index is 0.271. The van der Waals surface area contributed by atoms with E-state index in [0.29, 0.717) is 0 Å². The van der Waals surface area contributed by atoms with E-state index in [1.807, 2.05) is 4.98 Å². The zero-order valence-electron chi connectivity index (χ0n) is 13.3. The highest BCUT2D eigenvalue weighted by Crippen LogP contribution is 2.36. The minimum Gasteiger partial charge on any atom is -0.394 e. The molecule has 3 heterocycles. The van der Waals surface area contributed by atoms with Gasteiger partial charge in [-0.3, -0.25) is 28.4 Å². The molecule has 1 saturated heterocycles. The number of fused-ring (bicyclic) bond motifs is 1. The summed E-state index contributed by atoms with van der Waals surface area (Å²) < 4.78 is 77.3. The molecule has 0 saturated carbocycles. The lowest BCUT2D eigenvalue weighted by atomic mass is 10.1. The van der Waals surface area contributed by atoms with E-state index in [2.05, 4.69) is 18.3 Å². The van der Waals surface area contributed by atoms with Crippen molar-refractivity contribution in [2.24, 2.45) is 0 Å². The highest BCUT2D eigenvalue weighted by molar-refractivity contribution is 7.81. The monoisotopic (exact) mass is 444 g/mol. The Morgan fingerprint density at radius 2 is 1.71 bits per heavy atom. The molecule has 1 aliphatic heterocycles. The van der Waals surface area contributed by atoms with E-state index >= 15 is 0 Å². The number of aromatic amines is 2. The van der Waals surface area contributed by atoms with E-state index in [1.54, 1.807) is 0 Å². The molecule has 0 unspecified atom stereocenters. The number of imidazole rings is 1. The Morgan fingerprint density at radius 1 is 1.11 bits per heavy atom. The summed E-state index contributed by atoms with van der Waals surface area (Å²) in [5, 5.41) is 9.38. The number of aliphatic hydroxyl groups is 1. The van der Waals surface area contributed by atoms with Crippen LogP contribution in [0.4, 0.5) is 0 Å². The molecular formula is C10H12N4O12S2. The third kappa shape index (κ3) is 4.12. The van der Waals surface area contributed by atoms with Crippen LogP contribution in [0, 0.1) is 0 Å². The van der Waals surface area contributed by atoms with Gasteiger partial charge in [-0.15, -0.1) is 0 Å².